The molecule has 1 aliphatic heterocycles. The van der Waals surface area contributed by atoms with Gasteiger partial charge in [0.2, 0.25) is 0 Å². The molecule has 1 saturated heterocycles. The zero-order valence-electron chi connectivity index (χ0n) is 11.4. The topological polar surface area (TPSA) is 12.5 Å². The van der Waals surface area contributed by atoms with Gasteiger partial charge >= 0.3 is 0 Å². The van der Waals surface area contributed by atoms with Crippen LogP contribution in [0.2, 0.25) is 0 Å². The second-order valence-corrected chi connectivity index (χ2v) is 6.20. The molecule has 2 fully saturated rings. The summed E-state index contributed by atoms with van der Waals surface area (Å²) < 4.78 is 5.96. The van der Waals surface area contributed by atoms with E-state index in [9.17, 15) is 0 Å². The van der Waals surface area contributed by atoms with Crippen LogP contribution in [0.25, 0.3) is 0 Å². The zero-order chi connectivity index (χ0) is 12.6. The quantitative estimate of drug-likeness (QED) is 0.811. The van der Waals surface area contributed by atoms with Crippen molar-refractivity contribution in [3.63, 3.8) is 0 Å². The Balaban J connectivity index is 1.73. The number of hydrogen-bond donors (Lipinski definition) is 0. The Labute approximate surface area is 110 Å². The molecular weight excluding hydrogens is 222 g/mol. The van der Waals surface area contributed by atoms with Crippen molar-refractivity contribution in [2.45, 2.75) is 24.9 Å². The van der Waals surface area contributed by atoms with Crippen molar-refractivity contribution in [1.29, 1.82) is 0 Å². The van der Waals surface area contributed by atoms with Gasteiger partial charge in [-0.15, -0.1) is 0 Å². The van der Waals surface area contributed by atoms with Gasteiger partial charge in [-0.05, 0) is 37.3 Å². The lowest BCUT2D eigenvalue weighted by atomic mass is 9.91. The Hall–Kier alpha value is -0.860. The van der Waals surface area contributed by atoms with Gasteiger partial charge in [0.05, 0.1) is 5.60 Å². The van der Waals surface area contributed by atoms with E-state index in [0.717, 1.165) is 18.3 Å². The van der Waals surface area contributed by atoms with Gasteiger partial charge in [0.1, 0.15) is 0 Å². The fraction of sp³-hybridized carbons (Fsp3) is 0.625. The number of hydrogen-bond acceptors (Lipinski definition) is 2. The van der Waals surface area contributed by atoms with Crippen LogP contribution in [0.1, 0.15) is 18.4 Å². The third-order valence-electron chi connectivity index (χ3n) is 4.83. The van der Waals surface area contributed by atoms with Crippen molar-refractivity contribution in [3.8, 4) is 0 Å². The Morgan fingerprint density at radius 2 is 1.78 bits per heavy atom. The van der Waals surface area contributed by atoms with Crippen LogP contribution < -0.4 is 0 Å². The van der Waals surface area contributed by atoms with Crippen LogP contribution in [-0.2, 0) is 11.2 Å². The van der Waals surface area contributed by atoms with Crippen molar-refractivity contribution < 1.29 is 4.74 Å². The number of fused-ring (bicyclic) bond motifs is 1. The van der Waals surface area contributed by atoms with Crippen LogP contribution in [0, 0.1) is 11.8 Å². The fourth-order valence-corrected chi connectivity index (χ4v) is 4.03. The fourth-order valence-electron chi connectivity index (χ4n) is 4.03. The van der Waals surface area contributed by atoms with Gasteiger partial charge in [0.25, 0.3) is 0 Å². The Morgan fingerprint density at radius 1 is 1.17 bits per heavy atom. The van der Waals surface area contributed by atoms with Crippen LogP contribution in [0.15, 0.2) is 30.3 Å². The summed E-state index contributed by atoms with van der Waals surface area (Å²) in [5.41, 5.74) is 1.51. The maximum Gasteiger partial charge on any atom is 0.0725 e. The SMILES string of the molecule is COC1(Cc2ccccc2)C[C@H]2CN(C)C[C@H]2C1. The van der Waals surface area contributed by atoms with Crippen LogP contribution in [0.4, 0.5) is 0 Å². The van der Waals surface area contributed by atoms with Gasteiger partial charge < -0.3 is 9.64 Å². The molecule has 1 aromatic rings. The van der Waals surface area contributed by atoms with Gasteiger partial charge in [-0.3, -0.25) is 0 Å². The van der Waals surface area contributed by atoms with Gasteiger partial charge in [0.15, 0.2) is 0 Å². The van der Waals surface area contributed by atoms with Crippen molar-refractivity contribution in [2.24, 2.45) is 11.8 Å². The van der Waals surface area contributed by atoms with E-state index in [0.29, 0.717) is 0 Å². The number of nitrogens with zero attached hydrogens (tertiary/aromatic N) is 1. The average molecular weight is 245 g/mol. The molecule has 1 heterocycles. The first-order chi connectivity index (χ1) is 8.71. The molecule has 1 aliphatic carbocycles. The molecule has 0 amide bonds. The summed E-state index contributed by atoms with van der Waals surface area (Å²) in [7, 11) is 4.14. The molecule has 0 aromatic heterocycles. The van der Waals surface area contributed by atoms with E-state index in [1.807, 2.05) is 7.11 Å². The van der Waals surface area contributed by atoms with Crippen molar-refractivity contribution >= 4 is 0 Å². The molecule has 1 unspecified atom stereocenters. The number of benzene rings is 1. The number of rotatable bonds is 3. The van der Waals surface area contributed by atoms with Crippen LogP contribution in [0.5, 0.6) is 0 Å². The van der Waals surface area contributed by atoms with Crippen molar-refractivity contribution in [3.05, 3.63) is 35.9 Å². The summed E-state index contributed by atoms with van der Waals surface area (Å²) >= 11 is 0. The van der Waals surface area contributed by atoms with Crippen molar-refractivity contribution in [2.75, 3.05) is 27.2 Å². The first-order valence-electron chi connectivity index (χ1n) is 6.98. The third kappa shape index (κ3) is 2.19. The Kier molecular flexibility index (Phi) is 3.16. The lowest BCUT2D eigenvalue weighted by molar-refractivity contribution is -0.0125. The minimum atomic E-state index is 0.0952. The van der Waals surface area contributed by atoms with E-state index in [2.05, 4.69) is 42.3 Å². The summed E-state index contributed by atoms with van der Waals surface area (Å²) in [5.74, 6) is 1.69. The molecule has 0 spiro atoms. The molecule has 2 nitrogen and oxygen atoms in total. The normalized spacial score (nSPS) is 35.9. The van der Waals surface area contributed by atoms with E-state index in [1.165, 1.54) is 31.5 Å². The molecule has 1 saturated carbocycles. The highest BCUT2D eigenvalue weighted by atomic mass is 16.5. The third-order valence-corrected chi connectivity index (χ3v) is 4.83. The van der Waals surface area contributed by atoms with E-state index in [1.54, 1.807) is 0 Å². The minimum Gasteiger partial charge on any atom is -0.378 e. The standard InChI is InChI=1S/C16H23NO/c1-17-11-14-9-16(18-2,10-15(14)12-17)8-13-6-4-3-5-7-13/h3-7,14-15H,8-12H2,1-2H3/t14-,15+,16?. The molecule has 3 rings (SSSR count). The molecule has 3 atom stereocenters. The molecular formula is C16H23NO. The van der Waals surface area contributed by atoms with Gasteiger partial charge in [-0.1, -0.05) is 30.3 Å². The number of ether oxygens (including phenoxy) is 1. The predicted molar refractivity (Wildman–Crippen MR) is 73.6 cm³/mol. The second-order valence-electron chi connectivity index (χ2n) is 6.20. The molecule has 0 bridgehead atoms. The van der Waals surface area contributed by atoms with Crippen molar-refractivity contribution in [1.82, 2.24) is 4.90 Å². The molecule has 0 radical (unpaired) electrons. The second kappa shape index (κ2) is 4.67. The lowest BCUT2D eigenvalue weighted by Crippen LogP contribution is -2.33. The largest absolute Gasteiger partial charge is 0.378 e. The summed E-state index contributed by atoms with van der Waals surface area (Å²) in [6, 6.07) is 10.8. The van der Waals surface area contributed by atoms with Crippen LogP contribution in [-0.4, -0.2) is 37.7 Å². The lowest BCUT2D eigenvalue weighted by Gasteiger charge is -2.29. The monoisotopic (exact) mass is 245 g/mol. The summed E-state index contributed by atoms with van der Waals surface area (Å²) in [6.07, 6.45) is 3.53. The van der Waals surface area contributed by atoms with E-state index < -0.39 is 0 Å². The first kappa shape index (κ1) is 12.2. The Morgan fingerprint density at radius 3 is 2.33 bits per heavy atom. The smallest absolute Gasteiger partial charge is 0.0725 e. The number of methoxy groups -OCH3 is 1. The maximum absolute atomic E-state index is 5.96. The average Bonchev–Trinajstić information content (AvgIpc) is 2.85. The van der Waals surface area contributed by atoms with Gasteiger partial charge in [-0.2, -0.15) is 0 Å². The van der Waals surface area contributed by atoms with Gasteiger partial charge in [-0.25, -0.2) is 0 Å². The molecule has 0 N–H and O–H groups in total. The van der Waals surface area contributed by atoms with Gasteiger partial charge in [0, 0.05) is 26.6 Å². The summed E-state index contributed by atoms with van der Waals surface area (Å²) in [5, 5.41) is 0. The highest BCUT2D eigenvalue weighted by Gasteiger charge is 2.48. The highest BCUT2D eigenvalue weighted by Crippen LogP contribution is 2.46. The molecule has 2 heteroatoms. The summed E-state index contributed by atoms with van der Waals surface area (Å²) in [4.78, 5) is 2.47. The molecule has 18 heavy (non-hydrogen) atoms. The van der Waals surface area contributed by atoms with Crippen LogP contribution in [0.3, 0.4) is 0 Å². The molecule has 98 valence electrons. The summed E-state index contributed by atoms with van der Waals surface area (Å²) in [6.45, 7) is 2.51. The number of likely N-dealkylation sites (tertiary alicyclic amines) is 1. The van der Waals surface area contributed by atoms with E-state index >= 15 is 0 Å². The highest BCUT2D eigenvalue weighted by molar-refractivity contribution is 5.18. The minimum absolute atomic E-state index is 0.0952. The van der Waals surface area contributed by atoms with Crippen LogP contribution >= 0.6 is 0 Å². The maximum atomic E-state index is 5.96. The molecule has 2 aliphatic rings. The Bertz CT molecular complexity index is 389. The van der Waals surface area contributed by atoms with E-state index in [-0.39, 0.29) is 5.60 Å². The van der Waals surface area contributed by atoms with E-state index in [4.69, 9.17) is 4.74 Å². The predicted octanol–water partition coefficient (Wildman–Crippen LogP) is 2.59. The zero-order valence-corrected chi connectivity index (χ0v) is 11.4. The first-order valence-corrected chi connectivity index (χ1v) is 6.98. The molecule has 1 aromatic carbocycles.